The van der Waals surface area contributed by atoms with E-state index in [4.69, 9.17) is 13.7 Å². The quantitative estimate of drug-likeness (QED) is 0.121. The molecule has 0 unspecified atom stereocenters. The summed E-state index contributed by atoms with van der Waals surface area (Å²) < 4.78 is 86.4. The Kier molecular flexibility index (Phi) is 9.71. The molecule has 0 fully saturated rings. The molecule has 0 aliphatic heterocycles. The normalized spacial score (nSPS) is 13.1. The summed E-state index contributed by atoms with van der Waals surface area (Å²) in [4.78, 5) is 4.27. The van der Waals surface area contributed by atoms with Crippen LogP contribution >= 0.6 is 0 Å². The molecule has 0 spiro atoms. The molecule has 0 bridgehead atoms. The first-order valence-corrected chi connectivity index (χ1v) is 26.2. The molecule has 0 atom stereocenters. The number of fused-ring (bicyclic) bond motifs is 5. The lowest BCUT2D eigenvalue weighted by Crippen LogP contribution is -2.09. The number of benzene rings is 13. The highest BCUT2D eigenvalue weighted by Gasteiger charge is 2.19. The van der Waals surface area contributed by atoms with Crippen molar-refractivity contribution in [3.05, 3.63) is 321 Å². The third-order valence-electron chi connectivity index (χ3n) is 14.7. The highest BCUT2D eigenvalue weighted by atomic mass is 15.1. The summed E-state index contributed by atoms with van der Waals surface area (Å²) in [6.45, 7) is 0. The van der Waals surface area contributed by atoms with Crippen molar-refractivity contribution in [1.29, 1.82) is 0 Å². The maximum absolute atomic E-state index is 8.64. The van der Waals surface area contributed by atoms with Crippen LogP contribution in [-0.2, 0) is 0 Å². The van der Waals surface area contributed by atoms with Gasteiger partial charge in [-0.25, -0.2) is 0 Å². The molecule has 0 N–H and O–H groups in total. The van der Waals surface area contributed by atoms with E-state index in [1.165, 1.54) is 10.8 Å². The Balaban J connectivity index is 0.881. The van der Waals surface area contributed by atoms with Gasteiger partial charge in [0.1, 0.15) is 0 Å². The van der Waals surface area contributed by atoms with E-state index in [1.54, 1.807) is 24.3 Å². The average Bonchev–Trinajstić information content (AvgIpc) is 1.62. The Morgan fingerprint density at radius 2 is 0.633 bits per heavy atom. The monoisotopic (exact) mass is 1020 g/mol. The van der Waals surface area contributed by atoms with Crippen LogP contribution in [0, 0.1) is 0 Å². The van der Waals surface area contributed by atoms with Crippen molar-refractivity contribution in [3.63, 3.8) is 0 Å². The van der Waals surface area contributed by atoms with Crippen molar-refractivity contribution in [2.24, 2.45) is 0 Å². The molecule has 79 heavy (non-hydrogen) atoms. The number of nitrogens with zero attached hydrogens (tertiary/aromatic N) is 3. The largest absolute Gasteiger partial charge is 0.311 e. The van der Waals surface area contributed by atoms with E-state index in [2.05, 4.69) is 160 Å². The fourth-order valence-corrected chi connectivity index (χ4v) is 10.9. The third kappa shape index (κ3) is 9.10. The van der Waals surface area contributed by atoms with Gasteiger partial charge in [-0.1, -0.05) is 206 Å². The van der Waals surface area contributed by atoms with Gasteiger partial charge >= 0.3 is 0 Å². The fourth-order valence-electron chi connectivity index (χ4n) is 10.9. The molecule has 0 aliphatic carbocycles. The zero-order chi connectivity index (χ0) is 61.2. The summed E-state index contributed by atoms with van der Waals surface area (Å²) in [5.41, 5.74) is 16.0. The Labute approximate surface area is 475 Å². The third-order valence-corrected chi connectivity index (χ3v) is 14.7. The van der Waals surface area contributed by atoms with E-state index in [1.807, 2.05) is 91.0 Å². The van der Waals surface area contributed by atoms with Crippen LogP contribution in [0.3, 0.4) is 0 Å². The first-order valence-electron chi connectivity index (χ1n) is 31.2. The van der Waals surface area contributed by atoms with Crippen LogP contribution in [0.2, 0.25) is 0 Å². The topological polar surface area (TPSA) is 11.4 Å². The van der Waals surface area contributed by atoms with Gasteiger partial charge < -0.3 is 14.4 Å². The zero-order valence-electron chi connectivity index (χ0n) is 52.7. The van der Waals surface area contributed by atoms with Crippen LogP contribution < -0.4 is 9.80 Å². The molecule has 14 aromatic rings. The Morgan fingerprint density at radius 1 is 0.253 bits per heavy atom. The van der Waals surface area contributed by atoms with Gasteiger partial charge in [-0.3, -0.25) is 0 Å². The van der Waals surface area contributed by atoms with Crippen LogP contribution in [0.5, 0.6) is 0 Å². The lowest BCUT2D eigenvalue weighted by atomic mass is 9.92. The summed E-state index contributed by atoms with van der Waals surface area (Å²) in [7, 11) is 0. The summed E-state index contributed by atoms with van der Waals surface area (Å²) in [6.07, 6.45) is 0. The van der Waals surface area contributed by atoms with Gasteiger partial charge in [0.2, 0.25) is 0 Å². The maximum atomic E-state index is 8.64. The molecule has 3 heteroatoms. The molecule has 0 saturated carbocycles. The van der Waals surface area contributed by atoms with E-state index in [-0.39, 0.29) is 59.5 Å². The van der Waals surface area contributed by atoms with Crippen LogP contribution in [0.25, 0.3) is 93.9 Å². The standard InChI is InChI=1S/C76H53N3/c1-6-18-54(19-7-1)56-30-40-68(41-31-56)77(65-23-10-3-11-24-65)70-44-34-58(35-45-70)62-50-63(59-36-46-71(47-37-59)78(66-25-12-4-13-26-66)69-42-32-57(33-43-69)55-20-8-2-9-21-55)52-64(51-62)61-39-49-75-74(53-61)73-48-38-60-22-16-17-29-72(60)76(73)79(75)67-27-14-5-15-28-67/h1-53H/i1D,2D,6D,7D,8D,9D,18D,19D,20D,21D. The van der Waals surface area contributed by atoms with Gasteiger partial charge in [-0.15, -0.1) is 0 Å². The molecule has 372 valence electrons. The molecule has 14 rings (SSSR count). The fraction of sp³-hybridized carbons (Fsp3) is 0. The highest BCUT2D eigenvalue weighted by molar-refractivity contribution is 6.19. The summed E-state index contributed by atoms with van der Waals surface area (Å²) in [5, 5.41) is 4.64. The van der Waals surface area contributed by atoms with Gasteiger partial charge in [0.25, 0.3) is 0 Å². The second-order valence-corrected chi connectivity index (χ2v) is 19.4. The predicted octanol–water partition coefficient (Wildman–Crippen LogP) is 21.2. The summed E-state index contributed by atoms with van der Waals surface area (Å²) in [6, 6.07) is 85.7. The van der Waals surface area contributed by atoms with Crippen LogP contribution in [-0.4, -0.2) is 4.57 Å². The number of aromatic nitrogens is 1. The number of hydrogen-bond acceptors (Lipinski definition) is 2. The number of hydrogen-bond donors (Lipinski definition) is 0. The van der Waals surface area contributed by atoms with E-state index in [9.17, 15) is 0 Å². The van der Waals surface area contributed by atoms with Crippen molar-refractivity contribution < 1.29 is 13.7 Å². The smallest absolute Gasteiger partial charge is 0.0629 e. The minimum Gasteiger partial charge on any atom is -0.311 e. The van der Waals surface area contributed by atoms with Crippen LogP contribution in [0.4, 0.5) is 34.1 Å². The second-order valence-electron chi connectivity index (χ2n) is 19.4. The zero-order valence-corrected chi connectivity index (χ0v) is 42.7. The Morgan fingerprint density at radius 3 is 1.10 bits per heavy atom. The van der Waals surface area contributed by atoms with Crippen molar-refractivity contribution in [2.75, 3.05) is 9.80 Å². The minimum absolute atomic E-state index is 0.151. The molecule has 0 radical (unpaired) electrons. The molecular formula is C76H53N3. The second kappa shape index (κ2) is 20.6. The Hall–Kier alpha value is -10.5. The molecule has 0 amide bonds. The average molecular weight is 1020 g/mol. The number of anilines is 6. The molecule has 1 aromatic heterocycles. The van der Waals surface area contributed by atoms with Gasteiger partial charge in [-0.05, 0) is 176 Å². The number of para-hydroxylation sites is 3. The van der Waals surface area contributed by atoms with Crippen LogP contribution in [0.1, 0.15) is 13.7 Å². The SMILES string of the molecule is [2H]c1c([2H])c([2H])c(-c2ccc(N(c3ccccc3)c3ccc(-c4cc(-c5ccc(N(c6ccccc6)c6ccc(-c7c([2H])c([2H])c([2H])c([2H])c7[2H])cc6)cc5)cc(-c5ccc6c(c5)c5ccc7ccccc7c5n6-c5ccccc5)c4)cc3)cc2)c([2H])c1[2H]. The van der Waals surface area contributed by atoms with E-state index >= 15 is 0 Å². The van der Waals surface area contributed by atoms with E-state index in [0.29, 0.717) is 11.1 Å². The molecule has 0 saturated heterocycles. The van der Waals surface area contributed by atoms with Gasteiger partial charge in [-0.2, -0.15) is 0 Å². The van der Waals surface area contributed by atoms with Crippen molar-refractivity contribution >= 4 is 66.7 Å². The summed E-state index contributed by atoms with van der Waals surface area (Å²) >= 11 is 0. The van der Waals surface area contributed by atoms with Crippen molar-refractivity contribution in [1.82, 2.24) is 4.57 Å². The molecule has 13 aromatic carbocycles. The number of rotatable bonds is 12. The lowest BCUT2D eigenvalue weighted by molar-refractivity contribution is 1.19. The molecule has 1 heterocycles. The minimum atomic E-state index is -0.427. The van der Waals surface area contributed by atoms with E-state index < -0.39 is 12.1 Å². The van der Waals surface area contributed by atoms with Gasteiger partial charge in [0.15, 0.2) is 0 Å². The first kappa shape index (κ1) is 37.3. The van der Waals surface area contributed by atoms with Gasteiger partial charge in [0.05, 0.1) is 24.7 Å². The van der Waals surface area contributed by atoms with Crippen molar-refractivity contribution in [2.45, 2.75) is 0 Å². The van der Waals surface area contributed by atoms with Crippen LogP contribution in [0.15, 0.2) is 321 Å². The highest BCUT2D eigenvalue weighted by Crippen LogP contribution is 2.43. The predicted molar refractivity (Wildman–Crippen MR) is 335 cm³/mol. The lowest BCUT2D eigenvalue weighted by Gasteiger charge is -2.26. The molecule has 0 aliphatic rings. The molecular weight excluding hydrogens is 955 g/mol. The first-order chi connectivity index (χ1) is 43.3. The molecule has 3 nitrogen and oxygen atoms in total. The van der Waals surface area contributed by atoms with Gasteiger partial charge in [0, 0.05) is 56.0 Å². The summed E-state index contributed by atoms with van der Waals surface area (Å²) in [5.74, 6) is 0. The van der Waals surface area contributed by atoms with E-state index in [0.717, 1.165) is 95.0 Å². The maximum Gasteiger partial charge on any atom is 0.0629 e. The Bertz CT molecular complexity index is 4760. The van der Waals surface area contributed by atoms with Crippen molar-refractivity contribution in [3.8, 4) is 61.3 Å².